The van der Waals surface area contributed by atoms with E-state index >= 15 is 0 Å². The second-order valence-electron chi connectivity index (χ2n) is 10.2. The zero-order valence-electron chi connectivity index (χ0n) is 24.8. The largest absolute Gasteiger partial charge is 0.573 e. The molecule has 0 bridgehead atoms. The van der Waals surface area contributed by atoms with Crippen LogP contribution in [0.25, 0.3) is 17.8 Å². The Balaban J connectivity index is 1.20. The smallest absolute Gasteiger partial charge is 0.489 e. The van der Waals surface area contributed by atoms with E-state index in [1.165, 1.54) is 47.0 Å². The molecule has 5 rings (SSSR count). The average molecular weight is 637 g/mol. The van der Waals surface area contributed by atoms with Gasteiger partial charge < -0.3 is 19.7 Å². The van der Waals surface area contributed by atoms with Crippen molar-refractivity contribution in [3.8, 4) is 17.2 Å². The summed E-state index contributed by atoms with van der Waals surface area (Å²) in [5.41, 5.74) is 3.95. The number of nitrogens with one attached hydrogen (secondary N) is 1. The van der Waals surface area contributed by atoms with Crippen LogP contribution in [0.5, 0.6) is 11.5 Å². The van der Waals surface area contributed by atoms with Crippen LogP contribution in [0.3, 0.4) is 0 Å². The van der Waals surface area contributed by atoms with E-state index in [1.807, 2.05) is 43.0 Å². The first-order valence-electron chi connectivity index (χ1n) is 14.2. The fourth-order valence-electron chi connectivity index (χ4n) is 4.32. The van der Waals surface area contributed by atoms with Crippen molar-refractivity contribution in [1.29, 1.82) is 0 Å². The quantitative estimate of drug-likeness (QED) is 0.199. The number of rotatable bonds is 9. The zero-order chi connectivity index (χ0) is 32.0. The number of benzene rings is 3. The predicted molar refractivity (Wildman–Crippen MR) is 171 cm³/mol. The van der Waals surface area contributed by atoms with Gasteiger partial charge in [-0.2, -0.15) is 4.99 Å². The molecule has 0 aliphatic carbocycles. The SMILES string of the molecule is CCC(C)Oc1ccc(C)cc1N1CCSC1=NC(=O)Nc1ccc(/C=C/c2ncn(-c3ccc(OC(F)(F)F)cc3)n2)cc1. The number of thioether (sulfide) groups is 1. The van der Waals surface area contributed by atoms with Crippen molar-refractivity contribution in [2.75, 3.05) is 22.5 Å². The molecule has 0 spiro atoms. The minimum absolute atomic E-state index is 0.0630. The molecule has 1 aliphatic rings. The summed E-state index contributed by atoms with van der Waals surface area (Å²) in [5.74, 6) is 1.66. The monoisotopic (exact) mass is 636 g/mol. The van der Waals surface area contributed by atoms with Gasteiger partial charge in [-0.25, -0.2) is 14.5 Å². The molecule has 1 unspecified atom stereocenters. The van der Waals surface area contributed by atoms with E-state index in [0.717, 1.165) is 34.7 Å². The highest BCUT2D eigenvalue weighted by molar-refractivity contribution is 8.14. The van der Waals surface area contributed by atoms with E-state index in [1.54, 1.807) is 24.3 Å². The van der Waals surface area contributed by atoms with Gasteiger partial charge in [0.05, 0.1) is 17.5 Å². The number of amides is 2. The Kier molecular flexibility index (Phi) is 9.77. The second kappa shape index (κ2) is 13.9. The van der Waals surface area contributed by atoms with Crippen LogP contribution in [-0.4, -0.2) is 50.7 Å². The predicted octanol–water partition coefficient (Wildman–Crippen LogP) is 7.96. The molecule has 1 aromatic heterocycles. The number of hydrogen-bond acceptors (Lipinski definition) is 6. The summed E-state index contributed by atoms with van der Waals surface area (Å²) >= 11 is 1.52. The number of anilines is 2. The van der Waals surface area contributed by atoms with Crippen LogP contribution >= 0.6 is 11.8 Å². The van der Waals surface area contributed by atoms with Gasteiger partial charge in [0, 0.05) is 18.0 Å². The van der Waals surface area contributed by atoms with Gasteiger partial charge in [0.15, 0.2) is 11.0 Å². The number of carbonyl (C=O) groups is 1. The third-order valence-corrected chi connectivity index (χ3v) is 7.67. The maximum atomic E-state index is 12.9. The van der Waals surface area contributed by atoms with Crippen molar-refractivity contribution >= 4 is 46.5 Å². The third kappa shape index (κ3) is 8.66. The molecule has 3 aromatic carbocycles. The Morgan fingerprint density at radius 3 is 2.58 bits per heavy atom. The lowest BCUT2D eigenvalue weighted by Crippen LogP contribution is -2.26. The van der Waals surface area contributed by atoms with E-state index in [0.29, 0.717) is 28.9 Å². The number of alkyl halides is 3. The molecule has 1 saturated heterocycles. The number of hydrogen-bond donors (Lipinski definition) is 1. The lowest BCUT2D eigenvalue weighted by Gasteiger charge is -2.23. The Hall–Kier alpha value is -4.78. The van der Waals surface area contributed by atoms with Gasteiger partial charge in [0.2, 0.25) is 0 Å². The van der Waals surface area contributed by atoms with Crippen LogP contribution in [0.4, 0.5) is 29.3 Å². The van der Waals surface area contributed by atoms with Crippen molar-refractivity contribution in [3.05, 3.63) is 90.0 Å². The van der Waals surface area contributed by atoms with E-state index in [-0.39, 0.29) is 11.9 Å². The summed E-state index contributed by atoms with van der Waals surface area (Å²) in [6, 6.07) is 18.1. The highest BCUT2D eigenvalue weighted by Crippen LogP contribution is 2.35. The lowest BCUT2D eigenvalue weighted by molar-refractivity contribution is -0.274. The van der Waals surface area contributed by atoms with Crippen molar-refractivity contribution in [2.24, 2.45) is 4.99 Å². The molecule has 0 saturated carbocycles. The number of aryl methyl sites for hydroxylation is 1. The Bertz CT molecular complexity index is 1690. The highest BCUT2D eigenvalue weighted by Gasteiger charge is 2.31. The lowest BCUT2D eigenvalue weighted by atomic mass is 10.2. The number of amidine groups is 1. The molecule has 1 fully saturated rings. The minimum atomic E-state index is -4.75. The van der Waals surface area contributed by atoms with Gasteiger partial charge in [0.1, 0.15) is 17.8 Å². The summed E-state index contributed by atoms with van der Waals surface area (Å²) in [6.07, 6.45) is 1.16. The molecule has 2 amide bonds. The number of ether oxygens (including phenoxy) is 2. The highest BCUT2D eigenvalue weighted by atomic mass is 32.2. The molecular formula is C32H31F3N6O3S. The summed E-state index contributed by atoms with van der Waals surface area (Å²) in [6.45, 7) is 6.84. The molecule has 0 radical (unpaired) electrons. The molecule has 1 atom stereocenters. The van der Waals surface area contributed by atoms with Crippen molar-refractivity contribution < 1.29 is 27.4 Å². The number of carbonyl (C=O) groups excluding carboxylic acids is 1. The number of halogens is 3. The zero-order valence-corrected chi connectivity index (χ0v) is 25.6. The maximum Gasteiger partial charge on any atom is 0.573 e. The maximum absolute atomic E-state index is 12.9. The van der Waals surface area contributed by atoms with E-state index in [4.69, 9.17) is 4.74 Å². The van der Waals surface area contributed by atoms with Crippen LogP contribution in [0.2, 0.25) is 0 Å². The summed E-state index contributed by atoms with van der Waals surface area (Å²) in [7, 11) is 0. The Labute approximate surface area is 262 Å². The molecule has 1 N–H and O–H groups in total. The standard InChI is InChI=1S/C32H31F3N6O3S/c1-4-22(3)43-28-15-5-21(2)19-27(28)40-17-18-45-31(40)38-30(42)37-24-9-6-23(7-10-24)8-16-29-36-20-41(39-29)25-11-13-26(14-12-25)44-32(33,34)35/h5-16,19-20,22H,4,17-18H2,1-3H3,(H,37,42)/b16-8+,38-31?. The first-order valence-corrected chi connectivity index (χ1v) is 15.2. The Morgan fingerprint density at radius 1 is 1.11 bits per heavy atom. The number of urea groups is 1. The van der Waals surface area contributed by atoms with Crippen molar-refractivity contribution in [1.82, 2.24) is 14.8 Å². The van der Waals surface area contributed by atoms with Crippen LogP contribution in [-0.2, 0) is 0 Å². The van der Waals surface area contributed by atoms with Gasteiger partial charge in [-0.15, -0.1) is 18.3 Å². The molecule has 45 heavy (non-hydrogen) atoms. The van der Waals surface area contributed by atoms with E-state index in [2.05, 4.69) is 38.1 Å². The van der Waals surface area contributed by atoms with Crippen LogP contribution in [0, 0.1) is 6.92 Å². The molecule has 4 aromatic rings. The van der Waals surface area contributed by atoms with Crippen LogP contribution in [0.15, 0.2) is 78.0 Å². The summed E-state index contributed by atoms with van der Waals surface area (Å²) in [4.78, 5) is 23.5. The first-order chi connectivity index (χ1) is 21.6. The fourth-order valence-corrected chi connectivity index (χ4v) is 5.27. The molecular weight excluding hydrogens is 605 g/mol. The third-order valence-electron chi connectivity index (χ3n) is 6.71. The van der Waals surface area contributed by atoms with Crippen molar-refractivity contribution in [3.63, 3.8) is 0 Å². The normalized spacial score (nSPS) is 15.1. The summed E-state index contributed by atoms with van der Waals surface area (Å²) in [5, 5.41) is 7.77. The van der Waals surface area contributed by atoms with Crippen LogP contribution < -0.4 is 19.7 Å². The van der Waals surface area contributed by atoms with E-state index in [9.17, 15) is 18.0 Å². The van der Waals surface area contributed by atoms with E-state index < -0.39 is 12.4 Å². The molecule has 13 heteroatoms. The molecule has 2 heterocycles. The number of aromatic nitrogens is 3. The molecule has 9 nitrogen and oxygen atoms in total. The fraction of sp³-hybridized carbons (Fsp3) is 0.250. The van der Waals surface area contributed by atoms with Gasteiger partial charge in [-0.3, -0.25) is 0 Å². The van der Waals surface area contributed by atoms with Gasteiger partial charge in [-0.05, 0) is 86.0 Å². The number of aliphatic imine (C=N–C) groups is 1. The summed E-state index contributed by atoms with van der Waals surface area (Å²) < 4.78 is 48.6. The Morgan fingerprint density at radius 2 is 1.87 bits per heavy atom. The molecule has 234 valence electrons. The van der Waals surface area contributed by atoms with Gasteiger partial charge in [0.25, 0.3) is 0 Å². The van der Waals surface area contributed by atoms with Gasteiger partial charge in [-0.1, -0.05) is 43.0 Å². The molecule has 1 aliphatic heterocycles. The van der Waals surface area contributed by atoms with Crippen molar-refractivity contribution in [2.45, 2.75) is 39.7 Å². The average Bonchev–Trinajstić information content (AvgIpc) is 3.67. The second-order valence-corrected chi connectivity index (χ2v) is 11.2. The van der Waals surface area contributed by atoms with Gasteiger partial charge >= 0.3 is 12.4 Å². The topological polar surface area (TPSA) is 93.9 Å². The minimum Gasteiger partial charge on any atom is -0.489 e. The van der Waals surface area contributed by atoms with Crippen LogP contribution in [0.1, 0.15) is 37.2 Å². The first kappa shape index (κ1) is 31.6. The number of nitrogens with zero attached hydrogens (tertiary/aromatic N) is 5.